The van der Waals surface area contributed by atoms with Gasteiger partial charge in [0.25, 0.3) is 0 Å². The number of aliphatic hydroxyl groups is 1. The molecule has 24 heavy (non-hydrogen) atoms. The van der Waals surface area contributed by atoms with Crippen molar-refractivity contribution >= 4 is 15.8 Å². The normalized spacial score (nSPS) is 12.8. The largest absolute Gasteiger partial charge is 0.748 e. The Morgan fingerprint density at radius 1 is 1.17 bits per heavy atom. The van der Waals surface area contributed by atoms with Gasteiger partial charge in [-0.05, 0) is 36.2 Å². The second kappa shape index (κ2) is 8.09. The summed E-state index contributed by atoms with van der Waals surface area (Å²) in [6.45, 7) is 0.461. The molecule has 8 heteroatoms. The van der Waals surface area contributed by atoms with Crippen LogP contribution >= 0.6 is 0 Å². The van der Waals surface area contributed by atoms with Crippen LogP contribution in [0.5, 0.6) is 5.75 Å². The van der Waals surface area contributed by atoms with Crippen molar-refractivity contribution in [3.8, 4) is 5.75 Å². The zero-order valence-corrected chi connectivity index (χ0v) is 13.9. The molecule has 0 radical (unpaired) electrons. The SMILES string of the molecule is Nc1ccc(OC[C@H](O)C[n+]2ccc(CCS(=O)(=O)[O-])cc2)cc1. The summed E-state index contributed by atoms with van der Waals surface area (Å²) >= 11 is 0. The molecule has 0 bridgehead atoms. The van der Waals surface area contributed by atoms with Crippen LogP contribution in [0.2, 0.25) is 0 Å². The van der Waals surface area contributed by atoms with Gasteiger partial charge in [0.1, 0.15) is 18.5 Å². The number of nitrogens with two attached hydrogens (primary N) is 1. The first-order chi connectivity index (χ1) is 11.3. The van der Waals surface area contributed by atoms with Crippen LogP contribution in [0.3, 0.4) is 0 Å². The van der Waals surface area contributed by atoms with Crippen molar-refractivity contribution in [2.24, 2.45) is 0 Å². The third kappa shape index (κ3) is 6.53. The van der Waals surface area contributed by atoms with Crippen LogP contribution < -0.4 is 15.0 Å². The number of benzene rings is 1. The number of hydrogen-bond acceptors (Lipinski definition) is 6. The molecular formula is C16H20N2O5S. The lowest BCUT2D eigenvalue weighted by Gasteiger charge is -2.10. The lowest BCUT2D eigenvalue weighted by Crippen LogP contribution is -2.41. The number of anilines is 1. The van der Waals surface area contributed by atoms with Crippen molar-refractivity contribution in [3.63, 3.8) is 0 Å². The highest BCUT2D eigenvalue weighted by Gasteiger charge is 2.12. The highest BCUT2D eigenvalue weighted by Crippen LogP contribution is 2.13. The monoisotopic (exact) mass is 352 g/mol. The molecule has 1 atom stereocenters. The van der Waals surface area contributed by atoms with E-state index in [2.05, 4.69) is 0 Å². The topological polar surface area (TPSA) is 117 Å². The molecule has 0 fully saturated rings. The third-order valence-corrected chi connectivity index (χ3v) is 4.05. The average Bonchev–Trinajstić information content (AvgIpc) is 2.53. The van der Waals surface area contributed by atoms with E-state index < -0.39 is 22.0 Å². The van der Waals surface area contributed by atoms with Gasteiger partial charge in [0, 0.05) is 23.6 Å². The summed E-state index contributed by atoms with van der Waals surface area (Å²) < 4.78 is 39.1. The van der Waals surface area contributed by atoms with Gasteiger partial charge < -0.3 is 20.1 Å². The molecule has 0 saturated carbocycles. The first-order valence-electron chi connectivity index (χ1n) is 7.40. The van der Waals surface area contributed by atoms with Crippen molar-refractivity contribution in [1.82, 2.24) is 0 Å². The van der Waals surface area contributed by atoms with E-state index in [1.54, 1.807) is 53.4 Å². The fourth-order valence-electron chi connectivity index (χ4n) is 2.07. The Balaban J connectivity index is 1.81. The standard InChI is InChI=1S/C16H20N2O5S/c17-14-1-3-16(4-2-14)23-12-15(19)11-18-8-5-13(6-9-18)7-10-24(20,21)22/h1-6,8-9,15,19H,7,10-12,17H2/t15-/m1/s1. The van der Waals surface area contributed by atoms with E-state index >= 15 is 0 Å². The van der Waals surface area contributed by atoms with E-state index in [4.69, 9.17) is 10.5 Å². The maximum atomic E-state index is 10.6. The summed E-state index contributed by atoms with van der Waals surface area (Å²) in [5.41, 5.74) is 6.97. The van der Waals surface area contributed by atoms with Crippen molar-refractivity contribution in [1.29, 1.82) is 0 Å². The van der Waals surface area contributed by atoms with Gasteiger partial charge in [-0.3, -0.25) is 0 Å². The third-order valence-electron chi connectivity index (χ3n) is 3.34. The first kappa shape index (κ1) is 18.2. The van der Waals surface area contributed by atoms with E-state index in [0.717, 1.165) is 5.56 Å². The molecule has 1 heterocycles. The first-order valence-corrected chi connectivity index (χ1v) is 8.97. The van der Waals surface area contributed by atoms with Crippen LogP contribution in [0, 0.1) is 0 Å². The van der Waals surface area contributed by atoms with E-state index in [0.29, 0.717) is 18.0 Å². The van der Waals surface area contributed by atoms with Crippen LogP contribution in [0.25, 0.3) is 0 Å². The highest BCUT2D eigenvalue weighted by molar-refractivity contribution is 7.85. The number of hydrogen-bond donors (Lipinski definition) is 2. The number of nitrogens with zero attached hydrogens (tertiary/aromatic N) is 1. The number of aliphatic hydroxyl groups excluding tert-OH is 1. The maximum absolute atomic E-state index is 10.6. The van der Waals surface area contributed by atoms with Gasteiger partial charge in [-0.25, -0.2) is 13.0 Å². The lowest BCUT2D eigenvalue weighted by molar-refractivity contribution is -0.703. The minimum Gasteiger partial charge on any atom is -0.748 e. The predicted molar refractivity (Wildman–Crippen MR) is 87.3 cm³/mol. The number of aromatic nitrogens is 1. The predicted octanol–water partition coefficient (Wildman–Crippen LogP) is 0.0839. The van der Waals surface area contributed by atoms with Gasteiger partial charge in [-0.15, -0.1) is 0 Å². The van der Waals surface area contributed by atoms with Crippen LogP contribution in [0.4, 0.5) is 5.69 Å². The molecule has 0 spiro atoms. The Labute approximate surface area is 141 Å². The Morgan fingerprint density at radius 3 is 2.38 bits per heavy atom. The minimum absolute atomic E-state index is 0.132. The summed E-state index contributed by atoms with van der Waals surface area (Å²) in [6, 6.07) is 10.3. The van der Waals surface area contributed by atoms with Gasteiger partial charge >= 0.3 is 0 Å². The molecule has 0 saturated heterocycles. The number of rotatable bonds is 8. The minimum atomic E-state index is -4.21. The van der Waals surface area contributed by atoms with Gasteiger partial charge in [-0.1, -0.05) is 0 Å². The summed E-state index contributed by atoms with van der Waals surface area (Å²) in [4.78, 5) is 0. The molecular weight excluding hydrogens is 332 g/mol. The zero-order valence-electron chi connectivity index (χ0n) is 13.0. The molecule has 2 rings (SSSR count). The smallest absolute Gasteiger partial charge is 0.177 e. The average molecular weight is 352 g/mol. The van der Waals surface area contributed by atoms with Gasteiger partial charge in [0.2, 0.25) is 0 Å². The molecule has 1 aromatic carbocycles. The molecule has 0 unspecified atom stereocenters. The number of ether oxygens (including phenoxy) is 1. The van der Waals surface area contributed by atoms with Gasteiger partial charge in [-0.2, -0.15) is 0 Å². The van der Waals surface area contributed by atoms with Crippen molar-refractivity contribution in [2.75, 3.05) is 18.1 Å². The molecule has 2 aromatic rings. The Hall–Kier alpha value is -2.16. The van der Waals surface area contributed by atoms with Gasteiger partial charge in [0.15, 0.2) is 18.9 Å². The fraction of sp³-hybridized carbons (Fsp3) is 0.312. The van der Waals surface area contributed by atoms with E-state index in [1.807, 2.05) is 0 Å². The quantitative estimate of drug-likeness (QED) is 0.395. The fourth-order valence-corrected chi connectivity index (χ4v) is 2.56. The van der Waals surface area contributed by atoms with E-state index in [9.17, 15) is 18.1 Å². The molecule has 1 aromatic heterocycles. The highest BCUT2D eigenvalue weighted by atomic mass is 32.2. The van der Waals surface area contributed by atoms with Crippen LogP contribution in [0.1, 0.15) is 5.56 Å². The molecule has 0 aliphatic carbocycles. The number of aryl methyl sites for hydroxylation is 1. The molecule has 0 aliphatic rings. The summed E-state index contributed by atoms with van der Waals surface area (Å²) in [5.74, 6) is 0.206. The Bertz CT molecular complexity index is 745. The molecule has 7 nitrogen and oxygen atoms in total. The summed E-state index contributed by atoms with van der Waals surface area (Å²) in [7, 11) is -4.21. The maximum Gasteiger partial charge on any atom is 0.177 e. The van der Waals surface area contributed by atoms with E-state index in [-0.39, 0.29) is 13.0 Å². The Kier molecular flexibility index (Phi) is 6.13. The van der Waals surface area contributed by atoms with Crippen LogP contribution in [-0.4, -0.2) is 36.5 Å². The summed E-state index contributed by atoms with van der Waals surface area (Å²) in [6.07, 6.45) is 2.91. The Morgan fingerprint density at radius 2 is 1.79 bits per heavy atom. The van der Waals surface area contributed by atoms with Crippen molar-refractivity contribution in [2.45, 2.75) is 19.1 Å². The summed E-state index contributed by atoms with van der Waals surface area (Å²) in [5, 5.41) is 10.0. The van der Waals surface area contributed by atoms with Crippen LogP contribution in [0.15, 0.2) is 48.8 Å². The van der Waals surface area contributed by atoms with Crippen molar-refractivity contribution in [3.05, 3.63) is 54.4 Å². The second-order valence-electron chi connectivity index (χ2n) is 5.45. The zero-order chi connectivity index (χ0) is 17.6. The second-order valence-corrected chi connectivity index (χ2v) is 6.97. The number of nitrogen functional groups attached to an aromatic ring is 1. The van der Waals surface area contributed by atoms with Crippen molar-refractivity contribution < 1.29 is 27.4 Å². The number of pyridine rings is 1. The molecule has 130 valence electrons. The molecule has 0 amide bonds. The lowest BCUT2D eigenvalue weighted by atomic mass is 10.2. The molecule has 0 aliphatic heterocycles. The molecule has 3 N–H and O–H groups in total. The van der Waals surface area contributed by atoms with E-state index in [1.165, 1.54) is 0 Å². The van der Waals surface area contributed by atoms with Crippen LogP contribution in [-0.2, 0) is 23.1 Å². The van der Waals surface area contributed by atoms with Gasteiger partial charge in [0.05, 0.1) is 10.1 Å².